The van der Waals surface area contributed by atoms with E-state index in [2.05, 4.69) is 28.3 Å². The molecule has 2 N–H and O–H groups in total. The summed E-state index contributed by atoms with van der Waals surface area (Å²) in [5.41, 5.74) is 1.24. The number of aromatic nitrogens is 2. The number of aliphatic hydroxyl groups is 1. The lowest BCUT2D eigenvalue weighted by Crippen LogP contribution is -2.39. The van der Waals surface area contributed by atoms with Crippen molar-refractivity contribution in [3.05, 3.63) is 18.0 Å². The van der Waals surface area contributed by atoms with Crippen LogP contribution in [0.4, 0.5) is 0 Å². The molecule has 0 aliphatic carbocycles. The van der Waals surface area contributed by atoms with Gasteiger partial charge < -0.3 is 10.4 Å². The van der Waals surface area contributed by atoms with Gasteiger partial charge in [0.05, 0.1) is 12.3 Å². The number of aliphatic hydroxyl groups excluding tert-OH is 1. The predicted octanol–water partition coefficient (Wildman–Crippen LogP) is 1.12. The molecule has 0 saturated carbocycles. The van der Waals surface area contributed by atoms with Gasteiger partial charge in [-0.1, -0.05) is 0 Å². The smallest absolute Gasteiger partial charge is 0.0558 e. The minimum atomic E-state index is 0. The second-order valence-electron chi connectivity index (χ2n) is 5.31. The first-order valence-corrected chi connectivity index (χ1v) is 7.38. The number of nitrogens with zero attached hydrogens (tertiary/aromatic N) is 3. The second-order valence-corrected chi connectivity index (χ2v) is 5.31. The van der Waals surface area contributed by atoms with E-state index in [0.29, 0.717) is 5.92 Å². The van der Waals surface area contributed by atoms with Crippen LogP contribution < -0.4 is 5.32 Å². The van der Waals surface area contributed by atoms with E-state index in [9.17, 15) is 5.11 Å². The number of aryl methyl sites for hydroxylation is 1. The van der Waals surface area contributed by atoms with Crippen LogP contribution in [-0.2, 0) is 13.1 Å². The van der Waals surface area contributed by atoms with Gasteiger partial charge in [-0.2, -0.15) is 5.10 Å². The summed E-state index contributed by atoms with van der Waals surface area (Å²) in [6, 6.07) is 2.08. The van der Waals surface area contributed by atoms with Crippen LogP contribution in [0.15, 0.2) is 12.3 Å². The summed E-state index contributed by atoms with van der Waals surface area (Å²) in [7, 11) is 0. The number of halogens is 1. The van der Waals surface area contributed by atoms with Crippen molar-refractivity contribution in [2.24, 2.45) is 5.92 Å². The van der Waals surface area contributed by atoms with Gasteiger partial charge in [-0.15, -0.1) is 12.4 Å². The Morgan fingerprint density at radius 3 is 3.05 bits per heavy atom. The van der Waals surface area contributed by atoms with Gasteiger partial charge in [-0.25, -0.2) is 0 Å². The lowest BCUT2D eigenvalue weighted by Gasteiger charge is -2.29. The Morgan fingerprint density at radius 1 is 1.55 bits per heavy atom. The van der Waals surface area contributed by atoms with Crippen molar-refractivity contribution in [3.8, 4) is 0 Å². The highest BCUT2D eigenvalue weighted by atomic mass is 35.5. The van der Waals surface area contributed by atoms with Crippen molar-refractivity contribution in [3.63, 3.8) is 0 Å². The topological polar surface area (TPSA) is 53.3 Å². The third kappa shape index (κ3) is 5.05. The largest absolute Gasteiger partial charge is 0.395 e. The zero-order chi connectivity index (χ0) is 13.5. The third-order valence-electron chi connectivity index (χ3n) is 3.82. The average Bonchev–Trinajstić information content (AvgIpc) is 2.87. The molecule has 1 aliphatic rings. The van der Waals surface area contributed by atoms with Gasteiger partial charge in [-0.05, 0) is 44.8 Å². The molecule has 1 fully saturated rings. The highest BCUT2D eigenvalue weighted by molar-refractivity contribution is 5.85. The van der Waals surface area contributed by atoms with Crippen LogP contribution in [0, 0.1) is 5.92 Å². The van der Waals surface area contributed by atoms with E-state index >= 15 is 0 Å². The van der Waals surface area contributed by atoms with Gasteiger partial charge in [0.1, 0.15) is 0 Å². The Bertz CT molecular complexity index is 366. The lowest BCUT2D eigenvalue weighted by atomic mass is 9.99. The molecule has 0 spiro atoms. The van der Waals surface area contributed by atoms with E-state index in [0.717, 1.165) is 39.3 Å². The molecular weight excluding hydrogens is 276 g/mol. The van der Waals surface area contributed by atoms with E-state index < -0.39 is 0 Å². The van der Waals surface area contributed by atoms with Crippen molar-refractivity contribution in [2.75, 3.05) is 32.8 Å². The Kier molecular flexibility index (Phi) is 8.14. The molecule has 0 bridgehead atoms. The van der Waals surface area contributed by atoms with Gasteiger partial charge in [0.2, 0.25) is 0 Å². The molecule has 5 nitrogen and oxygen atoms in total. The minimum Gasteiger partial charge on any atom is -0.395 e. The first-order valence-electron chi connectivity index (χ1n) is 7.38. The van der Waals surface area contributed by atoms with Gasteiger partial charge in [0.25, 0.3) is 0 Å². The maximum Gasteiger partial charge on any atom is 0.0558 e. The third-order valence-corrected chi connectivity index (χ3v) is 3.82. The fourth-order valence-corrected chi connectivity index (χ4v) is 2.83. The van der Waals surface area contributed by atoms with Crippen LogP contribution in [0.3, 0.4) is 0 Å². The highest BCUT2D eigenvalue weighted by Crippen LogP contribution is 2.13. The first-order chi connectivity index (χ1) is 9.33. The van der Waals surface area contributed by atoms with Crippen LogP contribution in [0.5, 0.6) is 0 Å². The molecule has 2 heterocycles. The quantitative estimate of drug-likeness (QED) is 0.792. The average molecular weight is 303 g/mol. The van der Waals surface area contributed by atoms with Gasteiger partial charge >= 0.3 is 0 Å². The molecule has 116 valence electrons. The van der Waals surface area contributed by atoms with Gasteiger partial charge in [0.15, 0.2) is 0 Å². The van der Waals surface area contributed by atoms with E-state index in [4.69, 9.17) is 0 Å². The van der Waals surface area contributed by atoms with E-state index in [1.54, 1.807) is 0 Å². The van der Waals surface area contributed by atoms with E-state index in [-0.39, 0.29) is 19.0 Å². The molecule has 1 saturated heterocycles. The van der Waals surface area contributed by atoms with Crippen LogP contribution >= 0.6 is 12.4 Å². The summed E-state index contributed by atoms with van der Waals surface area (Å²) in [6.45, 7) is 8.17. The maximum absolute atomic E-state index is 9.24. The Labute approximate surface area is 127 Å². The van der Waals surface area contributed by atoms with E-state index in [1.807, 2.05) is 10.9 Å². The van der Waals surface area contributed by atoms with Crippen molar-refractivity contribution in [1.29, 1.82) is 0 Å². The summed E-state index contributed by atoms with van der Waals surface area (Å²) in [5.74, 6) is 0.707. The van der Waals surface area contributed by atoms with Crippen molar-refractivity contribution < 1.29 is 5.11 Å². The fraction of sp³-hybridized carbons (Fsp3) is 0.786. The van der Waals surface area contributed by atoms with Crippen molar-refractivity contribution >= 4 is 12.4 Å². The number of hydrogen-bond acceptors (Lipinski definition) is 4. The molecule has 0 radical (unpaired) electrons. The van der Waals surface area contributed by atoms with Crippen LogP contribution in [0.2, 0.25) is 0 Å². The molecule has 1 aromatic rings. The van der Waals surface area contributed by atoms with Gasteiger partial charge in [0, 0.05) is 32.4 Å². The van der Waals surface area contributed by atoms with Crippen molar-refractivity contribution in [2.45, 2.75) is 32.9 Å². The molecule has 20 heavy (non-hydrogen) atoms. The zero-order valence-corrected chi connectivity index (χ0v) is 13.1. The maximum atomic E-state index is 9.24. The SMILES string of the molecule is CCn1nccc1CN(CCO)CC1CCCNC1.Cl. The molecular formula is C14H27ClN4O. The normalized spacial score (nSPS) is 19.1. The molecule has 1 aromatic heterocycles. The van der Waals surface area contributed by atoms with Crippen molar-refractivity contribution in [1.82, 2.24) is 20.0 Å². The summed E-state index contributed by atoms with van der Waals surface area (Å²) < 4.78 is 2.03. The fourth-order valence-electron chi connectivity index (χ4n) is 2.83. The Balaban J connectivity index is 0.00000200. The molecule has 1 aliphatic heterocycles. The summed E-state index contributed by atoms with van der Waals surface area (Å²) in [6.07, 6.45) is 4.42. The minimum absolute atomic E-state index is 0. The Morgan fingerprint density at radius 2 is 2.40 bits per heavy atom. The highest BCUT2D eigenvalue weighted by Gasteiger charge is 2.17. The molecule has 0 aromatic carbocycles. The molecule has 6 heteroatoms. The summed E-state index contributed by atoms with van der Waals surface area (Å²) >= 11 is 0. The number of piperidine rings is 1. The number of nitrogens with one attached hydrogen (secondary N) is 1. The Hall–Kier alpha value is -0.620. The monoisotopic (exact) mass is 302 g/mol. The lowest BCUT2D eigenvalue weighted by molar-refractivity contribution is 0.155. The zero-order valence-electron chi connectivity index (χ0n) is 12.3. The van der Waals surface area contributed by atoms with Crippen LogP contribution in [0.25, 0.3) is 0 Å². The molecule has 0 amide bonds. The molecule has 1 atom stereocenters. The number of rotatable bonds is 7. The standard InChI is InChI=1S/C14H26N4O.ClH/c1-2-18-14(5-7-16-18)12-17(8-9-19)11-13-4-3-6-15-10-13;/h5,7,13,15,19H,2-4,6,8-12H2,1H3;1H. The molecule has 1 unspecified atom stereocenters. The number of hydrogen-bond donors (Lipinski definition) is 2. The van der Waals surface area contributed by atoms with Crippen LogP contribution in [-0.4, -0.2) is 52.6 Å². The predicted molar refractivity (Wildman–Crippen MR) is 83.1 cm³/mol. The first kappa shape index (κ1) is 17.4. The van der Waals surface area contributed by atoms with E-state index in [1.165, 1.54) is 18.5 Å². The van der Waals surface area contributed by atoms with Crippen LogP contribution in [0.1, 0.15) is 25.5 Å². The second kappa shape index (κ2) is 9.34. The summed E-state index contributed by atoms with van der Waals surface area (Å²) in [5, 5.41) is 17.0. The van der Waals surface area contributed by atoms with Gasteiger partial charge in [-0.3, -0.25) is 9.58 Å². The summed E-state index contributed by atoms with van der Waals surface area (Å²) in [4.78, 5) is 2.35. The molecule has 2 rings (SSSR count).